The van der Waals surface area contributed by atoms with Crippen LogP contribution in [-0.4, -0.2) is 27.6 Å². The molecule has 0 fully saturated rings. The van der Waals surface area contributed by atoms with Gasteiger partial charge in [0.05, 0.1) is 10.7 Å². The molecule has 2 rings (SSSR count). The number of hydrogen-bond acceptors (Lipinski definition) is 4. The van der Waals surface area contributed by atoms with Gasteiger partial charge in [-0.05, 0) is 37.1 Å². The monoisotopic (exact) mass is 403 g/mol. The minimum absolute atomic E-state index is 0.305. The molecule has 0 spiro atoms. The van der Waals surface area contributed by atoms with E-state index in [2.05, 4.69) is 15.3 Å². The van der Waals surface area contributed by atoms with Crippen molar-refractivity contribution in [2.45, 2.75) is 64.2 Å². The molecule has 28 heavy (non-hydrogen) atoms. The lowest BCUT2D eigenvalue weighted by molar-refractivity contribution is -0.137. The van der Waals surface area contributed by atoms with Crippen molar-refractivity contribution in [2.24, 2.45) is 0 Å². The van der Waals surface area contributed by atoms with Gasteiger partial charge in [-0.1, -0.05) is 56.5 Å². The molecule has 0 saturated heterocycles. The minimum atomic E-state index is -0.684. The molecule has 0 atom stereocenters. The van der Waals surface area contributed by atoms with E-state index in [4.69, 9.17) is 16.7 Å². The number of carbonyl (C=O) groups is 1. The molecular formula is C22H30ClN3O2. The second-order valence-electron chi connectivity index (χ2n) is 7.01. The quantitative estimate of drug-likeness (QED) is 0.367. The first-order chi connectivity index (χ1) is 13.7. The molecule has 2 heterocycles. The van der Waals surface area contributed by atoms with E-state index in [0.29, 0.717) is 11.4 Å². The van der Waals surface area contributed by atoms with Crippen molar-refractivity contribution in [1.82, 2.24) is 9.97 Å². The molecule has 0 aromatic carbocycles. The Labute approximate surface area is 172 Å². The Morgan fingerprint density at radius 1 is 0.929 bits per heavy atom. The molecule has 152 valence electrons. The summed E-state index contributed by atoms with van der Waals surface area (Å²) in [5, 5.41) is 12.7. The van der Waals surface area contributed by atoms with Crippen LogP contribution in [0.4, 0.5) is 5.82 Å². The zero-order chi connectivity index (χ0) is 20.0. The van der Waals surface area contributed by atoms with Crippen molar-refractivity contribution < 1.29 is 9.90 Å². The first-order valence-electron chi connectivity index (χ1n) is 10.2. The number of carboxylic acids is 1. The molecule has 0 unspecified atom stereocenters. The average molecular weight is 404 g/mol. The molecule has 0 saturated carbocycles. The summed E-state index contributed by atoms with van der Waals surface area (Å²) in [4.78, 5) is 19.3. The Morgan fingerprint density at radius 3 is 2.25 bits per heavy atom. The maximum Gasteiger partial charge on any atom is 0.303 e. The van der Waals surface area contributed by atoms with Crippen LogP contribution in [0.25, 0.3) is 11.3 Å². The number of halogens is 1. The fourth-order valence-corrected chi connectivity index (χ4v) is 3.25. The summed E-state index contributed by atoms with van der Waals surface area (Å²) in [7, 11) is 0. The van der Waals surface area contributed by atoms with E-state index in [1.54, 1.807) is 12.4 Å². The number of nitrogens with zero attached hydrogens (tertiary/aromatic N) is 2. The number of rotatable bonds is 14. The summed E-state index contributed by atoms with van der Waals surface area (Å²) in [6.45, 7) is 0.896. The molecule has 6 heteroatoms. The fourth-order valence-electron chi connectivity index (χ4n) is 3.13. The van der Waals surface area contributed by atoms with E-state index in [1.807, 2.05) is 24.3 Å². The van der Waals surface area contributed by atoms with Gasteiger partial charge in [0.15, 0.2) is 0 Å². The topological polar surface area (TPSA) is 75.1 Å². The summed E-state index contributed by atoms with van der Waals surface area (Å²) in [6.07, 6.45) is 14.0. The highest BCUT2D eigenvalue weighted by Gasteiger charge is 2.06. The van der Waals surface area contributed by atoms with Crippen LogP contribution in [0.15, 0.2) is 36.7 Å². The normalized spacial score (nSPS) is 10.8. The summed E-state index contributed by atoms with van der Waals surface area (Å²) in [6, 6.07) is 7.68. The van der Waals surface area contributed by atoms with Crippen LogP contribution >= 0.6 is 11.6 Å². The van der Waals surface area contributed by atoms with Crippen molar-refractivity contribution >= 4 is 23.4 Å². The summed E-state index contributed by atoms with van der Waals surface area (Å²) >= 11 is 5.92. The summed E-state index contributed by atoms with van der Waals surface area (Å²) in [5.41, 5.74) is 1.85. The van der Waals surface area contributed by atoms with Gasteiger partial charge in [-0.15, -0.1) is 0 Å². The molecule has 0 aliphatic rings. The predicted molar refractivity (Wildman–Crippen MR) is 115 cm³/mol. The third kappa shape index (κ3) is 8.70. The number of hydrogen-bond donors (Lipinski definition) is 2. The van der Waals surface area contributed by atoms with Crippen LogP contribution in [0.3, 0.4) is 0 Å². The Balaban J connectivity index is 1.57. The lowest BCUT2D eigenvalue weighted by atomic mass is 10.1. The van der Waals surface area contributed by atoms with Crippen molar-refractivity contribution in [2.75, 3.05) is 11.9 Å². The third-order valence-electron chi connectivity index (χ3n) is 4.67. The Morgan fingerprint density at radius 2 is 1.61 bits per heavy atom. The molecule has 0 aliphatic heterocycles. The van der Waals surface area contributed by atoms with Gasteiger partial charge >= 0.3 is 5.97 Å². The van der Waals surface area contributed by atoms with Crippen molar-refractivity contribution in [1.29, 1.82) is 0 Å². The second kappa shape index (κ2) is 13.1. The lowest BCUT2D eigenvalue weighted by Crippen LogP contribution is -2.05. The van der Waals surface area contributed by atoms with Crippen molar-refractivity contribution in [3.8, 4) is 11.3 Å². The van der Waals surface area contributed by atoms with E-state index >= 15 is 0 Å². The average Bonchev–Trinajstić information content (AvgIpc) is 2.69. The second-order valence-corrected chi connectivity index (χ2v) is 7.45. The van der Waals surface area contributed by atoms with Crippen LogP contribution in [0.1, 0.15) is 64.2 Å². The molecule has 2 aromatic rings. The minimum Gasteiger partial charge on any atom is -0.481 e. The molecule has 0 radical (unpaired) electrons. The molecule has 0 aliphatic carbocycles. The first-order valence-corrected chi connectivity index (χ1v) is 10.6. The highest BCUT2D eigenvalue weighted by molar-refractivity contribution is 6.30. The van der Waals surface area contributed by atoms with Gasteiger partial charge < -0.3 is 10.4 Å². The molecule has 0 bridgehead atoms. The molecular weight excluding hydrogens is 374 g/mol. The maximum absolute atomic E-state index is 10.4. The smallest absolute Gasteiger partial charge is 0.303 e. The van der Waals surface area contributed by atoms with E-state index in [1.165, 1.54) is 32.1 Å². The lowest BCUT2D eigenvalue weighted by Gasteiger charge is -2.10. The number of unbranched alkanes of at least 4 members (excludes halogenated alkanes) is 8. The molecule has 2 aromatic heterocycles. The van der Waals surface area contributed by atoms with Gasteiger partial charge in [0.2, 0.25) is 0 Å². The largest absolute Gasteiger partial charge is 0.481 e. The molecule has 2 N–H and O–H groups in total. The van der Waals surface area contributed by atoms with E-state index in [0.717, 1.165) is 49.3 Å². The Hall–Kier alpha value is -2.14. The Bertz CT molecular complexity index is 707. The number of carboxylic acid groups (broad SMARTS) is 1. The number of anilines is 1. The highest BCUT2D eigenvalue weighted by atomic mass is 35.5. The van der Waals surface area contributed by atoms with E-state index < -0.39 is 5.97 Å². The first kappa shape index (κ1) is 22.2. The van der Waals surface area contributed by atoms with Gasteiger partial charge in [0.25, 0.3) is 0 Å². The number of aliphatic carboxylic acids is 1. The number of pyridine rings is 2. The standard InChI is InChI=1S/C22H30ClN3O2/c23-18-13-14-20(26-17-18)19-11-10-16-25-22(19)24-15-9-7-5-3-1-2-4-6-8-12-21(27)28/h10-11,13-14,16-17H,1-9,12,15H2,(H,24,25)(H,27,28). The number of nitrogens with one attached hydrogen (secondary N) is 1. The van der Waals surface area contributed by atoms with E-state index in [-0.39, 0.29) is 0 Å². The number of aromatic nitrogens is 2. The zero-order valence-corrected chi connectivity index (χ0v) is 17.1. The summed E-state index contributed by atoms with van der Waals surface area (Å²) < 4.78 is 0. The van der Waals surface area contributed by atoms with Crippen LogP contribution in [-0.2, 0) is 4.79 Å². The van der Waals surface area contributed by atoms with Crippen molar-refractivity contribution in [3.63, 3.8) is 0 Å². The van der Waals surface area contributed by atoms with Crippen LogP contribution in [0.2, 0.25) is 5.02 Å². The molecule has 0 amide bonds. The van der Waals surface area contributed by atoms with Gasteiger partial charge in [0.1, 0.15) is 5.82 Å². The third-order valence-corrected chi connectivity index (χ3v) is 4.89. The van der Waals surface area contributed by atoms with Gasteiger partial charge in [-0.2, -0.15) is 0 Å². The van der Waals surface area contributed by atoms with E-state index in [9.17, 15) is 4.79 Å². The maximum atomic E-state index is 10.4. The summed E-state index contributed by atoms with van der Waals surface area (Å²) in [5.74, 6) is 0.176. The van der Waals surface area contributed by atoms with Gasteiger partial charge in [-0.25, -0.2) is 4.98 Å². The SMILES string of the molecule is O=C(O)CCCCCCCCCCCNc1ncccc1-c1ccc(Cl)cn1. The van der Waals surface area contributed by atoms with Crippen LogP contribution in [0.5, 0.6) is 0 Å². The van der Waals surface area contributed by atoms with Gasteiger partial charge in [0, 0.05) is 30.9 Å². The highest BCUT2D eigenvalue weighted by Crippen LogP contribution is 2.25. The van der Waals surface area contributed by atoms with Crippen LogP contribution < -0.4 is 5.32 Å². The fraction of sp³-hybridized carbons (Fsp3) is 0.500. The predicted octanol–water partition coefficient (Wildman–Crippen LogP) is 6.19. The van der Waals surface area contributed by atoms with Gasteiger partial charge in [-0.3, -0.25) is 9.78 Å². The zero-order valence-electron chi connectivity index (χ0n) is 16.4. The Kier molecular flexibility index (Phi) is 10.4. The molecule has 5 nitrogen and oxygen atoms in total. The van der Waals surface area contributed by atoms with Crippen LogP contribution in [0, 0.1) is 0 Å². The van der Waals surface area contributed by atoms with Crippen molar-refractivity contribution in [3.05, 3.63) is 41.7 Å².